The van der Waals surface area contributed by atoms with Gasteiger partial charge in [-0.15, -0.1) is 0 Å². The van der Waals surface area contributed by atoms with Gasteiger partial charge in [-0.25, -0.2) is 4.98 Å². The number of hydrogen-bond donors (Lipinski definition) is 1. The fourth-order valence-electron chi connectivity index (χ4n) is 1.49. The van der Waals surface area contributed by atoms with Crippen LogP contribution in [0.2, 0.25) is 5.02 Å². The molecule has 0 atom stereocenters. The molecule has 2 rings (SSSR count). The van der Waals surface area contributed by atoms with Gasteiger partial charge in [-0.2, -0.15) is 18.2 Å². The van der Waals surface area contributed by atoms with Crippen molar-refractivity contribution >= 4 is 17.5 Å². The first kappa shape index (κ1) is 15.4. The van der Waals surface area contributed by atoms with Crippen molar-refractivity contribution in [1.29, 1.82) is 0 Å². The molecule has 21 heavy (non-hydrogen) atoms. The molecule has 0 unspecified atom stereocenters. The van der Waals surface area contributed by atoms with Gasteiger partial charge in [0.2, 0.25) is 11.8 Å². The molecule has 1 N–H and O–H groups in total. The Hall–Kier alpha value is -2.02. The molecule has 0 saturated heterocycles. The molecule has 0 aliphatic rings. The molecule has 1 aromatic carbocycles. The second kappa shape index (κ2) is 6.17. The van der Waals surface area contributed by atoms with E-state index < -0.39 is 11.7 Å². The Morgan fingerprint density at radius 1 is 1.24 bits per heavy atom. The second-order valence-corrected chi connectivity index (χ2v) is 4.41. The van der Waals surface area contributed by atoms with E-state index in [1.165, 1.54) is 18.3 Å². The smallest absolute Gasteiger partial charge is 0.416 e. The van der Waals surface area contributed by atoms with E-state index in [9.17, 15) is 13.2 Å². The second-order valence-electron chi connectivity index (χ2n) is 4.00. The van der Waals surface area contributed by atoms with E-state index in [0.29, 0.717) is 12.5 Å². The fraction of sp³-hybridized carbons (Fsp3) is 0.231. The van der Waals surface area contributed by atoms with E-state index in [1.807, 2.05) is 6.92 Å². The summed E-state index contributed by atoms with van der Waals surface area (Å²) in [5.74, 6) is 0.595. The Labute approximate surface area is 123 Å². The number of ether oxygens (including phenoxy) is 1. The van der Waals surface area contributed by atoms with Crippen molar-refractivity contribution in [3.63, 3.8) is 0 Å². The lowest BCUT2D eigenvalue weighted by Crippen LogP contribution is -2.04. The first-order valence-corrected chi connectivity index (χ1v) is 6.39. The average Bonchev–Trinajstić information content (AvgIpc) is 2.42. The molecule has 0 bridgehead atoms. The predicted octanol–water partition coefficient (Wildman–Crippen LogP) is 4.37. The van der Waals surface area contributed by atoms with E-state index in [4.69, 9.17) is 16.3 Å². The van der Waals surface area contributed by atoms with Gasteiger partial charge in [0, 0.05) is 6.54 Å². The van der Waals surface area contributed by atoms with Gasteiger partial charge in [0.1, 0.15) is 10.8 Å². The van der Waals surface area contributed by atoms with Crippen LogP contribution in [0.1, 0.15) is 12.5 Å². The molecule has 112 valence electrons. The number of nitrogens with one attached hydrogen (secondary N) is 1. The molecule has 1 heterocycles. The summed E-state index contributed by atoms with van der Waals surface area (Å²) in [5.41, 5.74) is -0.753. The zero-order chi connectivity index (χ0) is 15.5. The highest BCUT2D eigenvalue weighted by Crippen LogP contribution is 2.32. The molecule has 4 nitrogen and oxygen atoms in total. The number of anilines is 1. The highest BCUT2D eigenvalue weighted by Gasteiger charge is 2.30. The maximum Gasteiger partial charge on any atom is 0.416 e. The summed E-state index contributed by atoms with van der Waals surface area (Å²) >= 11 is 5.89. The molecule has 0 radical (unpaired) electrons. The van der Waals surface area contributed by atoms with Crippen LogP contribution in [0.25, 0.3) is 0 Å². The van der Waals surface area contributed by atoms with Crippen molar-refractivity contribution in [2.45, 2.75) is 13.1 Å². The van der Waals surface area contributed by atoms with Gasteiger partial charge in [0.25, 0.3) is 0 Å². The van der Waals surface area contributed by atoms with Crippen LogP contribution < -0.4 is 10.1 Å². The number of hydrogen-bond acceptors (Lipinski definition) is 4. The van der Waals surface area contributed by atoms with Gasteiger partial charge in [0.05, 0.1) is 11.8 Å². The number of alkyl halides is 3. The van der Waals surface area contributed by atoms with Crippen LogP contribution in [-0.4, -0.2) is 16.5 Å². The van der Waals surface area contributed by atoms with Crippen molar-refractivity contribution in [2.75, 3.05) is 11.9 Å². The first-order chi connectivity index (χ1) is 9.90. The number of nitrogens with zero attached hydrogens (tertiary/aromatic N) is 2. The fourth-order valence-corrected chi connectivity index (χ4v) is 1.62. The number of aromatic nitrogens is 2. The lowest BCUT2D eigenvalue weighted by Gasteiger charge is -2.10. The SMILES string of the molecule is CCNc1ncc(Cl)c(Oc2ccc(C(F)(F)F)cc2)n1. The van der Waals surface area contributed by atoms with Crippen LogP contribution in [0.15, 0.2) is 30.5 Å². The molecule has 2 aromatic rings. The summed E-state index contributed by atoms with van der Waals surface area (Å²) in [4.78, 5) is 7.96. The van der Waals surface area contributed by atoms with Crippen LogP contribution in [0, 0.1) is 0 Å². The summed E-state index contributed by atoms with van der Waals surface area (Å²) in [5, 5.41) is 3.04. The van der Waals surface area contributed by atoms with Crippen molar-refractivity contribution < 1.29 is 17.9 Å². The van der Waals surface area contributed by atoms with Gasteiger partial charge < -0.3 is 10.1 Å². The maximum absolute atomic E-state index is 12.5. The monoisotopic (exact) mass is 317 g/mol. The molecule has 0 amide bonds. The van der Waals surface area contributed by atoms with Crippen LogP contribution in [0.3, 0.4) is 0 Å². The zero-order valence-electron chi connectivity index (χ0n) is 10.9. The van der Waals surface area contributed by atoms with Gasteiger partial charge in [-0.3, -0.25) is 0 Å². The third kappa shape index (κ3) is 3.98. The van der Waals surface area contributed by atoms with Crippen LogP contribution in [0.5, 0.6) is 11.6 Å². The van der Waals surface area contributed by atoms with Gasteiger partial charge in [-0.05, 0) is 31.2 Å². The summed E-state index contributed by atoms with van der Waals surface area (Å²) in [6.07, 6.45) is -3.03. The topological polar surface area (TPSA) is 47.0 Å². The van der Waals surface area contributed by atoms with E-state index >= 15 is 0 Å². The number of benzene rings is 1. The van der Waals surface area contributed by atoms with Crippen LogP contribution >= 0.6 is 11.6 Å². The molecular weight excluding hydrogens is 307 g/mol. The third-order valence-electron chi connectivity index (χ3n) is 2.44. The minimum absolute atomic E-state index is 0.0716. The lowest BCUT2D eigenvalue weighted by atomic mass is 10.2. The van der Waals surface area contributed by atoms with Gasteiger partial charge in [-0.1, -0.05) is 11.6 Å². The quantitative estimate of drug-likeness (QED) is 0.909. The Balaban J connectivity index is 2.20. The molecule has 8 heteroatoms. The summed E-state index contributed by atoms with van der Waals surface area (Å²) in [6.45, 7) is 2.48. The van der Waals surface area contributed by atoms with Crippen molar-refractivity contribution in [3.05, 3.63) is 41.0 Å². The summed E-state index contributed by atoms with van der Waals surface area (Å²) < 4.78 is 42.7. The molecule has 0 spiro atoms. The molecule has 0 aliphatic heterocycles. The minimum Gasteiger partial charge on any atom is -0.437 e. The molecular formula is C13H11ClF3N3O. The molecule has 1 aromatic heterocycles. The van der Waals surface area contributed by atoms with E-state index in [0.717, 1.165) is 12.1 Å². The maximum atomic E-state index is 12.5. The minimum atomic E-state index is -4.39. The highest BCUT2D eigenvalue weighted by atomic mass is 35.5. The largest absolute Gasteiger partial charge is 0.437 e. The summed E-state index contributed by atoms with van der Waals surface area (Å²) in [7, 11) is 0. The predicted molar refractivity (Wildman–Crippen MR) is 72.7 cm³/mol. The summed E-state index contributed by atoms with van der Waals surface area (Å²) in [6, 6.07) is 4.26. The van der Waals surface area contributed by atoms with Crippen molar-refractivity contribution in [1.82, 2.24) is 9.97 Å². The van der Waals surface area contributed by atoms with Crippen molar-refractivity contribution in [2.24, 2.45) is 0 Å². The zero-order valence-corrected chi connectivity index (χ0v) is 11.7. The molecule has 0 saturated carbocycles. The number of rotatable bonds is 4. The van der Waals surface area contributed by atoms with Crippen LogP contribution in [0.4, 0.5) is 19.1 Å². The van der Waals surface area contributed by atoms with E-state index in [1.54, 1.807) is 0 Å². The Morgan fingerprint density at radius 2 is 1.90 bits per heavy atom. The van der Waals surface area contributed by atoms with Crippen LogP contribution in [-0.2, 0) is 6.18 Å². The molecule has 0 fully saturated rings. The average molecular weight is 318 g/mol. The van der Waals surface area contributed by atoms with Gasteiger partial charge in [0.15, 0.2) is 0 Å². The highest BCUT2D eigenvalue weighted by molar-refractivity contribution is 6.31. The first-order valence-electron chi connectivity index (χ1n) is 6.01. The standard InChI is InChI=1S/C13H11ClF3N3O/c1-2-18-12-19-7-10(14)11(20-12)21-9-5-3-8(4-6-9)13(15,16)17/h3-7H,2H2,1H3,(H,18,19,20). The lowest BCUT2D eigenvalue weighted by molar-refractivity contribution is -0.137. The Kier molecular flexibility index (Phi) is 4.52. The number of halogens is 4. The van der Waals surface area contributed by atoms with E-state index in [2.05, 4.69) is 15.3 Å². The molecule has 0 aliphatic carbocycles. The Morgan fingerprint density at radius 3 is 2.48 bits per heavy atom. The normalized spacial score (nSPS) is 11.3. The van der Waals surface area contributed by atoms with E-state index in [-0.39, 0.29) is 16.7 Å². The van der Waals surface area contributed by atoms with Crippen molar-refractivity contribution in [3.8, 4) is 11.6 Å². The third-order valence-corrected chi connectivity index (χ3v) is 2.70. The Bertz CT molecular complexity index is 617. The van der Waals surface area contributed by atoms with Gasteiger partial charge >= 0.3 is 6.18 Å².